The molecule has 1 spiro atoms. The molecule has 2 atom stereocenters. The number of benzene rings is 2. The van der Waals surface area contributed by atoms with E-state index in [1.807, 2.05) is 37.1 Å². The summed E-state index contributed by atoms with van der Waals surface area (Å²) in [6, 6.07) is 12.7. The molecule has 2 saturated heterocycles. The molecule has 2 aliphatic heterocycles. The Hall–Kier alpha value is -4.39. The summed E-state index contributed by atoms with van der Waals surface area (Å²) < 4.78 is 50.1. The van der Waals surface area contributed by atoms with Crippen molar-refractivity contribution in [3.8, 4) is 17.0 Å². The molecule has 2 unspecified atom stereocenters. The van der Waals surface area contributed by atoms with Crippen LogP contribution in [0.1, 0.15) is 36.6 Å². The summed E-state index contributed by atoms with van der Waals surface area (Å²) in [6.45, 7) is 3.65. The Morgan fingerprint density at radius 3 is 2.47 bits per heavy atom. The van der Waals surface area contributed by atoms with E-state index >= 15 is 0 Å². The average molecular weight is 596 g/mol. The van der Waals surface area contributed by atoms with Crippen LogP contribution in [-0.2, 0) is 11.8 Å². The first-order valence-corrected chi connectivity index (χ1v) is 14.0. The maximum absolute atomic E-state index is 14.3. The zero-order valence-corrected chi connectivity index (χ0v) is 23.7. The van der Waals surface area contributed by atoms with Gasteiger partial charge in [0.15, 0.2) is 0 Å². The van der Waals surface area contributed by atoms with Crippen molar-refractivity contribution in [2.45, 2.75) is 44.5 Å². The predicted octanol–water partition coefficient (Wildman–Crippen LogP) is 4.64. The largest absolute Gasteiger partial charge is 0.480 e. The average Bonchev–Trinajstić information content (AvgIpc) is 3.51. The van der Waals surface area contributed by atoms with E-state index < -0.39 is 24.3 Å². The van der Waals surface area contributed by atoms with Gasteiger partial charge in [-0.1, -0.05) is 36.4 Å². The van der Waals surface area contributed by atoms with E-state index in [0.29, 0.717) is 44.7 Å². The Morgan fingerprint density at radius 2 is 1.81 bits per heavy atom. The van der Waals surface area contributed by atoms with Crippen molar-refractivity contribution in [3.05, 3.63) is 59.8 Å². The number of piperidine rings is 1. The summed E-state index contributed by atoms with van der Waals surface area (Å²) in [4.78, 5) is 21.5. The number of halogens is 3. The number of hydrogen-bond donors (Lipinski definition) is 3. The lowest BCUT2D eigenvalue weighted by Crippen LogP contribution is -2.41. The van der Waals surface area contributed by atoms with Gasteiger partial charge in [0.1, 0.15) is 11.9 Å². The molecule has 0 saturated carbocycles. The molecule has 0 bridgehead atoms. The summed E-state index contributed by atoms with van der Waals surface area (Å²) in [5, 5.41) is 17.9. The van der Waals surface area contributed by atoms with Gasteiger partial charge in [-0.15, -0.1) is 0 Å². The second-order valence-corrected chi connectivity index (χ2v) is 11.5. The molecular weight excluding hydrogens is 563 g/mol. The van der Waals surface area contributed by atoms with Gasteiger partial charge < -0.3 is 25.8 Å². The Labute approximate surface area is 245 Å². The molecule has 2 aliphatic rings. The maximum Gasteiger partial charge on any atom is 0.429 e. The SMILES string of the molecule is Cc1nn(C)c2cc(-c3ccc(C(Oc4cc(N5CCC6(CC5)CNC(C(=O)O)C6)nc(N)n4)C(F)(F)F)cc3)ccc12. The summed E-state index contributed by atoms with van der Waals surface area (Å²) in [6.07, 6.45) is -5.02. The molecule has 13 heteroatoms. The molecule has 226 valence electrons. The lowest BCUT2D eigenvalue weighted by molar-refractivity contribution is -0.198. The topological polar surface area (TPSA) is 131 Å². The van der Waals surface area contributed by atoms with Crippen molar-refractivity contribution in [1.82, 2.24) is 25.1 Å². The molecule has 2 aromatic heterocycles. The maximum atomic E-state index is 14.3. The number of anilines is 2. The number of ether oxygens (including phenoxy) is 1. The van der Waals surface area contributed by atoms with Crippen molar-refractivity contribution in [3.63, 3.8) is 0 Å². The number of nitrogens with one attached hydrogen (secondary N) is 1. The molecule has 4 heterocycles. The van der Waals surface area contributed by atoms with Crippen LogP contribution in [0.5, 0.6) is 5.88 Å². The van der Waals surface area contributed by atoms with E-state index in [0.717, 1.165) is 27.7 Å². The second kappa shape index (κ2) is 10.7. The van der Waals surface area contributed by atoms with Crippen LogP contribution < -0.4 is 20.7 Å². The van der Waals surface area contributed by atoms with E-state index in [1.54, 1.807) is 16.8 Å². The van der Waals surface area contributed by atoms with Crippen LogP contribution in [0.25, 0.3) is 22.0 Å². The highest BCUT2D eigenvalue weighted by atomic mass is 19.4. The number of nitrogen functional groups attached to an aromatic ring is 1. The summed E-state index contributed by atoms with van der Waals surface area (Å²) >= 11 is 0. The zero-order chi connectivity index (χ0) is 30.5. The normalized spacial score (nSPS) is 19.2. The molecular formula is C30H32F3N7O3. The highest BCUT2D eigenvalue weighted by molar-refractivity contribution is 5.86. The predicted molar refractivity (Wildman–Crippen MR) is 155 cm³/mol. The van der Waals surface area contributed by atoms with Crippen molar-refractivity contribution in [1.29, 1.82) is 0 Å². The van der Waals surface area contributed by atoms with Crippen LogP contribution in [0.2, 0.25) is 0 Å². The number of rotatable bonds is 6. The van der Waals surface area contributed by atoms with Crippen LogP contribution in [0, 0.1) is 12.3 Å². The van der Waals surface area contributed by atoms with E-state index in [1.165, 1.54) is 18.2 Å². The summed E-state index contributed by atoms with van der Waals surface area (Å²) in [5.74, 6) is -0.965. The molecule has 6 rings (SSSR count). The van der Waals surface area contributed by atoms with Crippen molar-refractivity contribution in [2.75, 3.05) is 30.3 Å². The highest BCUT2D eigenvalue weighted by Gasteiger charge is 2.45. The fourth-order valence-corrected chi connectivity index (χ4v) is 6.25. The van der Waals surface area contributed by atoms with Crippen LogP contribution in [0.15, 0.2) is 48.5 Å². The summed E-state index contributed by atoms with van der Waals surface area (Å²) in [5.41, 5.74) is 9.15. The second-order valence-electron chi connectivity index (χ2n) is 11.5. The number of aromatic nitrogens is 4. The van der Waals surface area contributed by atoms with Crippen LogP contribution in [0.4, 0.5) is 24.9 Å². The number of aryl methyl sites for hydroxylation is 2. The van der Waals surface area contributed by atoms with Crippen LogP contribution in [-0.4, -0.2) is 62.7 Å². The molecule has 0 aliphatic carbocycles. The first-order valence-electron chi connectivity index (χ1n) is 14.0. The first-order chi connectivity index (χ1) is 20.4. The van der Waals surface area contributed by atoms with Crippen molar-refractivity contribution < 1.29 is 27.8 Å². The molecule has 10 nitrogen and oxygen atoms in total. The van der Waals surface area contributed by atoms with Gasteiger partial charge in [-0.05, 0) is 48.8 Å². The Morgan fingerprint density at radius 1 is 1.12 bits per heavy atom. The van der Waals surface area contributed by atoms with Gasteiger partial charge in [0.25, 0.3) is 0 Å². The van der Waals surface area contributed by atoms with E-state index in [-0.39, 0.29) is 22.8 Å². The Bertz CT molecular complexity index is 1660. The quantitative estimate of drug-likeness (QED) is 0.292. The van der Waals surface area contributed by atoms with Crippen molar-refractivity contribution >= 4 is 28.6 Å². The van der Waals surface area contributed by atoms with Gasteiger partial charge >= 0.3 is 12.1 Å². The molecule has 2 aromatic carbocycles. The van der Waals surface area contributed by atoms with E-state index in [4.69, 9.17) is 10.5 Å². The van der Waals surface area contributed by atoms with Gasteiger partial charge in [-0.25, -0.2) is 0 Å². The third-order valence-electron chi connectivity index (χ3n) is 8.63. The fourth-order valence-electron chi connectivity index (χ4n) is 6.25. The lowest BCUT2D eigenvalue weighted by atomic mass is 9.76. The van der Waals surface area contributed by atoms with Gasteiger partial charge in [-0.2, -0.15) is 28.2 Å². The molecule has 4 aromatic rings. The molecule has 0 amide bonds. The first kappa shape index (κ1) is 28.7. The Kier molecular flexibility index (Phi) is 7.15. The minimum absolute atomic E-state index is 0.0749. The number of alkyl halides is 3. The standard InChI is InChI=1S/C30H32F3N7O3/c1-17-21-8-7-20(13-23(21)39(2)38-17)18-3-5-19(6-4-18)26(30(31,32)33)43-25-14-24(36-28(34)37-25)40-11-9-29(10-12-40)15-22(27(41)42)35-16-29/h3-8,13-14,22,26,35H,9-12,15-16H2,1-2H3,(H,41,42)(H2,34,36,37). The number of aliphatic carboxylic acids is 1. The Balaban J connectivity index is 1.20. The third kappa shape index (κ3) is 5.68. The monoisotopic (exact) mass is 595 g/mol. The molecule has 4 N–H and O–H groups in total. The number of nitrogens with two attached hydrogens (primary N) is 1. The summed E-state index contributed by atoms with van der Waals surface area (Å²) in [7, 11) is 1.85. The minimum atomic E-state index is -4.72. The van der Waals surface area contributed by atoms with Gasteiger partial charge in [0, 0.05) is 43.7 Å². The zero-order valence-electron chi connectivity index (χ0n) is 23.7. The fraction of sp³-hybridized carbons (Fsp3) is 0.400. The number of fused-ring (bicyclic) bond motifs is 1. The van der Waals surface area contributed by atoms with E-state index in [2.05, 4.69) is 20.4 Å². The number of carboxylic acid groups (broad SMARTS) is 1. The molecule has 43 heavy (non-hydrogen) atoms. The third-order valence-corrected chi connectivity index (χ3v) is 8.63. The van der Waals surface area contributed by atoms with E-state index in [9.17, 15) is 23.1 Å². The molecule has 2 fully saturated rings. The van der Waals surface area contributed by atoms with Crippen LogP contribution in [0.3, 0.4) is 0 Å². The number of nitrogens with zero attached hydrogens (tertiary/aromatic N) is 5. The lowest BCUT2D eigenvalue weighted by Gasteiger charge is -2.39. The number of carbonyl (C=O) groups is 1. The van der Waals surface area contributed by atoms with Gasteiger partial charge in [-0.3, -0.25) is 9.48 Å². The van der Waals surface area contributed by atoms with Gasteiger partial charge in [0.2, 0.25) is 17.9 Å². The number of hydrogen-bond acceptors (Lipinski definition) is 8. The molecule has 0 radical (unpaired) electrons. The van der Waals surface area contributed by atoms with Crippen molar-refractivity contribution in [2.24, 2.45) is 12.5 Å². The minimum Gasteiger partial charge on any atom is -0.480 e. The number of carboxylic acids is 1. The van der Waals surface area contributed by atoms with Gasteiger partial charge in [0.05, 0.1) is 11.2 Å². The smallest absolute Gasteiger partial charge is 0.429 e. The highest BCUT2D eigenvalue weighted by Crippen LogP contribution is 2.41. The van der Waals surface area contributed by atoms with Crippen LogP contribution >= 0.6 is 0 Å².